The zero-order valence-electron chi connectivity index (χ0n) is 15.6. The van der Waals surface area contributed by atoms with Gasteiger partial charge in [0.15, 0.2) is 0 Å². The standard InChI is InChI=1S/C21H25N3O4/c22-20(26)18(14-16-8-3-1-4-9-16)24-19(25)12-7-13-23-21(27)28-15-17-10-5-2-6-11-17/h1-6,8-11,18H,7,12-15H2,(H2,22,26)(H,23,27)(H,24,25)/t18-/m0/s1. The lowest BCUT2D eigenvalue weighted by molar-refractivity contribution is -0.127. The zero-order valence-corrected chi connectivity index (χ0v) is 15.6. The molecule has 2 aromatic rings. The topological polar surface area (TPSA) is 111 Å². The molecule has 0 aromatic heterocycles. The van der Waals surface area contributed by atoms with Crippen LogP contribution in [0.2, 0.25) is 0 Å². The van der Waals surface area contributed by atoms with E-state index in [1.165, 1.54) is 0 Å². The third kappa shape index (κ3) is 7.90. The van der Waals surface area contributed by atoms with Gasteiger partial charge < -0.3 is 21.1 Å². The number of carbonyl (C=O) groups is 3. The molecular formula is C21H25N3O4. The van der Waals surface area contributed by atoms with Crippen molar-refractivity contribution >= 4 is 17.9 Å². The van der Waals surface area contributed by atoms with E-state index in [2.05, 4.69) is 10.6 Å². The molecule has 0 fully saturated rings. The van der Waals surface area contributed by atoms with Crippen molar-refractivity contribution in [2.75, 3.05) is 6.54 Å². The smallest absolute Gasteiger partial charge is 0.407 e. The normalized spacial score (nSPS) is 11.3. The van der Waals surface area contributed by atoms with Gasteiger partial charge in [-0.15, -0.1) is 0 Å². The van der Waals surface area contributed by atoms with Crippen molar-refractivity contribution in [2.24, 2.45) is 5.73 Å². The molecule has 0 aliphatic heterocycles. The van der Waals surface area contributed by atoms with E-state index in [1.54, 1.807) is 0 Å². The third-order valence-electron chi connectivity index (χ3n) is 4.02. The lowest BCUT2D eigenvalue weighted by Crippen LogP contribution is -2.45. The number of ether oxygens (including phenoxy) is 1. The number of rotatable bonds is 10. The van der Waals surface area contributed by atoms with Crippen LogP contribution in [0.25, 0.3) is 0 Å². The van der Waals surface area contributed by atoms with Crippen molar-refractivity contribution in [2.45, 2.75) is 31.9 Å². The fourth-order valence-electron chi connectivity index (χ4n) is 2.55. The summed E-state index contributed by atoms with van der Waals surface area (Å²) in [5, 5.41) is 5.23. The van der Waals surface area contributed by atoms with Crippen LogP contribution in [-0.2, 0) is 27.4 Å². The Kier molecular flexibility index (Phi) is 8.52. The van der Waals surface area contributed by atoms with Crippen LogP contribution in [0.15, 0.2) is 60.7 Å². The molecule has 0 spiro atoms. The molecule has 28 heavy (non-hydrogen) atoms. The first-order chi connectivity index (χ1) is 13.5. The minimum atomic E-state index is -0.765. The van der Waals surface area contributed by atoms with Crippen LogP contribution in [-0.4, -0.2) is 30.5 Å². The average molecular weight is 383 g/mol. The number of nitrogens with two attached hydrogens (primary N) is 1. The summed E-state index contributed by atoms with van der Waals surface area (Å²) in [6, 6.07) is 17.9. The minimum Gasteiger partial charge on any atom is -0.445 e. The lowest BCUT2D eigenvalue weighted by Gasteiger charge is -2.15. The Hall–Kier alpha value is -3.35. The summed E-state index contributed by atoms with van der Waals surface area (Å²) in [6.45, 7) is 0.480. The molecule has 0 unspecified atom stereocenters. The van der Waals surface area contributed by atoms with Crippen molar-refractivity contribution in [1.29, 1.82) is 0 Å². The van der Waals surface area contributed by atoms with E-state index >= 15 is 0 Å². The molecule has 0 aliphatic carbocycles. The fraction of sp³-hybridized carbons (Fsp3) is 0.286. The van der Waals surface area contributed by atoms with Crippen LogP contribution in [0.3, 0.4) is 0 Å². The first-order valence-corrected chi connectivity index (χ1v) is 9.12. The number of hydrogen-bond acceptors (Lipinski definition) is 4. The lowest BCUT2D eigenvalue weighted by atomic mass is 10.1. The Bertz CT molecular complexity index is 766. The van der Waals surface area contributed by atoms with Crippen LogP contribution in [0, 0.1) is 0 Å². The van der Waals surface area contributed by atoms with E-state index < -0.39 is 18.0 Å². The van der Waals surface area contributed by atoms with Gasteiger partial charge in [0.25, 0.3) is 0 Å². The molecule has 4 N–H and O–H groups in total. The molecule has 0 bridgehead atoms. The highest BCUT2D eigenvalue weighted by Crippen LogP contribution is 2.04. The van der Waals surface area contributed by atoms with Gasteiger partial charge in [0.2, 0.25) is 11.8 Å². The van der Waals surface area contributed by atoms with Gasteiger partial charge in [0.1, 0.15) is 12.6 Å². The molecule has 0 heterocycles. The summed E-state index contributed by atoms with van der Waals surface area (Å²) in [7, 11) is 0. The maximum atomic E-state index is 12.0. The van der Waals surface area contributed by atoms with Gasteiger partial charge in [-0.2, -0.15) is 0 Å². The summed E-state index contributed by atoms with van der Waals surface area (Å²) >= 11 is 0. The van der Waals surface area contributed by atoms with E-state index in [0.29, 0.717) is 19.4 Å². The summed E-state index contributed by atoms with van der Waals surface area (Å²) in [5.41, 5.74) is 7.19. The van der Waals surface area contributed by atoms with Crippen molar-refractivity contribution in [3.05, 3.63) is 71.8 Å². The Morgan fingerprint density at radius 1 is 0.929 bits per heavy atom. The van der Waals surface area contributed by atoms with Gasteiger partial charge in [-0.3, -0.25) is 9.59 Å². The molecule has 148 valence electrons. The van der Waals surface area contributed by atoms with Gasteiger partial charge in [0, 0.05) is 19.4 Å². The Morgan fingerprint density at radius 3 is 2.14 bits per heavy atom. The average Bonchev–Trinajstić information content (AvgIpc) is 2.70. The van der Waals surface area contributed by atoms with E-state index in [-0.39, 0.29) is 18.9 Å². The van der Waals surface area contributed by atoms with Gasteiger partial charge in [-0.25, -0.2) is 4.79 Å². The second-order valence-corrected chi connectivity index (χ2v) is 6.30. The molecule has 7 heteroatoms. The molecule has 0 saturated heterocycles. The highest BCUT2D eigenvalue weighted by Gasteiger charge is 2.18. The maximum absolute atomic E-state index is 12.0. The zero-order chi connectivity index (χ0) is 20.2. The minimum absolute atomic E-state index is 0.164. The number of benzene rings is 2. The van der Waals surface area contributed by atoms with Gasteiger partial charge in [-0.1, -0.05) is 60.7 Å². The third-order valence-corrected chi connectivity index (χ3v) is 4.02. The first-order valence-electron chi connectivity index (χ1n) is 9.12. The Balaban J connectivity index is 1.64. The number of alkyl carbamates (subject to hydrolysis) is 1. The fourth-order valence-corrected chi connectivity index (χ4v) is 2.55. The first kappa shape index (κ1) is 21.0. The van der Waals surface area contributed by atoms with Crippen LogP contribution in [0.5, 0.6) is 0 Å². The molecule has 2 aromatic carbocycles. The number of primary amides is 1. The summed E-state index contributed by atoms with van der Waals surface area (Å²) in [5.74, 6) is -0.876. The molecule has 1 atom stereocenters. The molecule has 2 rings (SSSR count). The van der Waals surface area contributed by atoms with Crippen LogP contribution in [0.4, 0.5) is 4.79 Å². The molecular weight excluding hydrogens is 358 g/mol. The van der Waals surface area contributed by atoms with Crippen molar-refractivity contribution in [1.82, 2.24) is 10.6 Å². The maximum Gasteiger partial charge on any atom is 0.407 e. The molecule has 0 saturated carbocycles. The Labute approximate surface area is 164 Å². The second-order valence-electron chi connectivity index (χ2n) is 6.30. The second kappa shape index (κ2) is 11.4. The van der Waals surface area contributed by atoms with E-state index in [0.717, 1.165) is 11.1 Å². The van der Waals surface area contributed by atoms with Crippen LogP contribution < -0.4 is 16.4 Å². The number of nitrogens with one attached hydrogen (secondary N) is 2. The summed E-state index contributed by atoms with van der Waals surface area (Å²) in [4.78, 5) is 35.3. The van der Waals surface area contributed by atoms with Crippen LogP contribution in [0.1, 0.15) is 24.0 Å². The van der Waals surface area contributed by atoms with Crippen LogP contribution >= 0.6 is 0 Å². The molecule has 0 aliphatic rings. The van der Waals surface area contributed by atoms with Gasteiger partial charge in [0.05, 0.1) is 0 Å². The Morgan fingerprint density at radius 2 is 1.54 bits per heavy atom. The van der Waals surface area contributed by atoms with E-state index in [9.17, 15) is 14.4 Å². The van der Waals surface area contributed by atoms with Gasteiger partial charge >= 0.3 is 6.09 Å². The number of amides is 3. The highest BCUT2D eigenvalue weighted by atomic mass is 16.5. The predicted octanol–water partition coefficient (Wildman–Crippen LogP) is 1.91. The van der Waals surface area contributed by atoms with Crippen molar-refractivity contribution in [3.63, 3.8) is 0 Å². The number of carbonyl (C=O) groups excluding carboxylic acids is 3. The summed E-state index contributed by atoms with van der Waals surface area (Å²) in [6.07, 6.45) is 0.385. The van der Waals surface area contributed by atoms with Crippen molar-refractivity contribution in [3.8, 4) is 0 Å². The predicted molar refractivity (Wildman–Crippen MR) is 105 cm³/mol. The quantitative estimate of drug-likeness (QED) is 0.544. The van der Waals surface area contributed by atoms with E-state index in [1.807, 2.05) is 60.7 Å². The molecule has 7 nitrogen and oxygen atoms in total. The molecule has 0 radical (unpaired) electrons. The monoisotopic (exact) mass is 383 g/mol. The SMILES string of the molecule is NC(=O)[C@H](Cc1ccccc1)NC(=O)CCCNC(=O)OCc1ccccc1. The van der Waals surface area contributed by atoms with E-state index in [4.69, 9.17) is 10.5 Å². The van der Waals surface area contributed by atoms with Gasteiger partial charge in [-0.05, 0) is 17.5 Å². The number of hydrogen-bond donors (Lipinski definition) is 3. The summed E-state index contributed by atoms with van der Waals surface area (Å²) < 4.78 is 5.09. The van der Waals surface area contributed by atoms with Crippen molar-refractivity contribution < 1.29 is 19.1 Å². The highest BCUT2D eigenvalue weighted by molar-refractivity contribution is 5.86. The largest absolute Gasteiger partial charge is 0.445 e. The molecule has 3 amide bonds.